The normalized spacial score (nSPS) is 11.2. The maximum absolute atomic E-state index is 12.4. The number of carbonyl (C=O) groups excluding carboxylic acids is 2. The second-order valence-corrected chi connectivity index (χ2v) is 5.99. The standard InChI is InChI=1S/C20H24N2O6/c1-5-27-17-8-6-14(10-18(17)26-4)20(25)22-21-12(2)16-11-15(28-13(16)3)7-9-19(23)24/h6,8,10-11H,5,7,9H2,1-4H3,(H,22,25)(H,23,24)/p-1/b21-12-. The number of hydrazone groups is 1. The molecule has 8 heteroatoms. The summed E-state index contributed by atoms with van der Waals surface area (Å²) in [5, 5.41) is 14.7. The number of carbonyl (C=O) groups is 2. The first-order valence-corrected chi connectivity index (χ1v) is 8.80. The number of hydrogen-bond acceptors (Lipinski definition) is 7. The molecule has 0 bridgehead atoms. The van der Waals surface area contributed by atoms with Crippen molar-refractivity contribution in [3.05, 3.63) is 46.9 Å². The zero-order chi connectivity index (χ0) is 20.7. The highest BCUT2D eigenvalue weighted by atomic mass is 16.5. The van der Waals surface area contributed by atoms with E-state index in [1.807, 2.05) is 6.92 Å². The van der Waals surface area contributed by atoms with E-state index in [2.05, 4.69) is 10.5 Å². The Hall–Kier alpha value is -3.29. The molecule has 1 aromatic heterocycles. The minimum atomic E-state index is -1.14. The smallest absolute Gasteiger partial charge is 0.271 e. The molecule has 0 saturated carbocycles. The van der Waals surface area contributed by atoms with Crippen molar-refractivity contribution < 1.29 is 28.6 Å². The Kier molecular flexibility index (Phi) is 7.20. The Morgan fingerprint density at radius 1 is 1.25 bits per heavy atom. The maximum atomic E-state index is 12.4. The number of methoxy groups -OCH3 is 1. The molecule has 28 heavy (non-hydrogen) atoms. The lowest BCUT2D eigenvalue weighted by molar-refractivity contribution is -0.305. The monoisotopic (exact) mass is 387 g/mol. The highest BCUT2D eigenvalue weighted by molar-refractivity contribution is 6.01. The number of carboxylic acid groups (broad SMARTS) is 1. The summed E-state index contributed by atoms with van der Waals surface area (Å²) < 4.78 is 16.2. The van der Waals surface area contributed by atoms with Gasteiger partial charge < -0.3 is 23.8 Å². The minimum absolute atomic E-state index is 0.126. The number of hydrogen-bond donors (Lipinski definition) is 1. The number of aryl methyl sites for hydroxylation is 2. The molecule has 1 aromatic carbocycles. The summed E-state index contributed by atoms with van der Waals surface area (Å²) in [6.45, 7) is 5.81. The van der Waals surface area contributed by atoms with Crippen LogP contribution in [0, 0.1) is 6.92 Å². The molecular formula is C20H23N2O6-. The number of benzene rings is 1. The zero-order valence-electron chi connectivity index (χ0n) is 16.3. The van der Waals surface area contributed by atoms with Crippen molar-refractivity contribution in [3.8, 4) is 11.5 Å². The fourth-order valence-electron chi connectivity index (χ4n) is 2.59. The summed E-state index contributed by atoms with van der Waals surface area (Å²) in [4.78, 5) is 22.9. The Labute approximate surface area is 163 Å². The van der Waals surface area contributed by atoms with Gasteiger partial charge in [-0.25, -0.2) is 5.43 Å². The van der Waals surface area contributed by atoms with Crippen LogP contribution in [0.15, 0.2) is 33.8 Å². The number of furan rings is 1. The van der Waals surface area contributed by atoms with Crippen molar-refractivity contribution in [1.82, 2.24) is 5.43 Å². The average molecular weight is 387 g/mol. The van der Waals surface area contributed by atoms with Gasteiger partial charge >= 0.3 is 0 Å². The summed E-state index contributed by atoms with van der Waals surface area (Å²) >= 11 is 0. The molecule has 1 amide bonds. The molecule has 2 aromatic rings. The molecule has 0 saturated heterocycles. The second kappa shape index (κ2) is 9.59. The average Bonchev–Trinajstić information content (AvgIpc) is 3.05. The van der Waals surface area contributed by atoms with Crippen LogP contribution in [0.25, 0.3) is 0 Å². The van der Waals surface area contributed by atoms with Crippen LogP contribution in [0.1, 0.15) is 47.7 Å². The summed E-state index contributed by atoms with van der Waals surface area (Å²) in [7, 11) is 1.50. The molecule has 1 heterocycles. The number of ether oxygens (including phenoxy) is 2. The number of carboxylic acids is 1. The Balaban J connectivity index is 2.10. The molecule has 0 aliphatic carbocycles. The van der Waals surface area contributed by atoms with E-state index in [0.29, 0.717) is 46.5 Å². The first-order chi connectivity index (χ1) is 13.3. The maximum Gasteiger partial charge on any atom is 0.271 e. The van der Waals surface area contributed by atoms with Gasteiger partial charge in [0.15, 0.2) is 11.5 Å². The van der Waals surface area contributed by atoms with Crippen molar-refractivity contribution in [1.29, 1.82) is 0 Å². The molecule has 2 rings (SSSR count). The summed E-state index contributed by atoms with van der Waals surface area (Å²) in [5.74, 6) is 0.580. The topological polar surface area (TPSA) is 113 Å². The van der Waals surface area contributed by atoms with Gasteiger partial charge in [0.1, 0.15) is 11.5 Å². The van der Waals surface area contributed by atoms with Gasteiger partial charge in [0.2, 0.25) is 0 Å². The van der Waals surface area contributed by atoms with E-state index in [9.17, 15) is 14.7 Å². The van der Waals surface area contributed by atoms with Crippen LogP contribution in [0.4, 0.5) is 0 Å². The Morgan fingerprint density at radius 3 is 2.64 bits per heavy atom. The van der Waals surface area contributed by atoms with Gasteiger partial charge in [0.25, 0.3) is 5.91 Å². The number of rotatable bonds is 9. The molecular weight excluding hydrogens is 364 g/mol. The summed E-state index contributed by atoms with van der Waals surface area (Å²) in [5.41, 5.74) is 4.09. The van der Waals surface area contributed by atoms with E-state index in [1.54, 1.807) is 38.1 Å². The third-order valence-corrected chi connectivity index (χ3v) is 3.98. The number of nitrogens with one attached hydrogen (secondary N) is 1. The fourth-order valence-corrected chi connectivity index (χ4v) is 2.59. The van der Waals surface area contributed by atoms with E-state index in [4.69, 9.17) is 13.9 Å². The summed E-state index contributed by atoms with van der Waals surface area (Å²) in [6, 6.07) is 6.57. The number of aliphatic carboxylic acids is 1. The van der Waals surface area contributed by atoms with Crippen LogP contribution in [0.3, 0.4) is 0 Å². The van der Waals surface area contributed by atoms with Crippen LogP contribution in [-0.2, 0) is 11.2 Å². The van der Waals surface area contributed by atoms with Gasteiger partial charge in [0, 0.05) is 23.5 Å². The van der Waals surface area contributed by atoms with Crippen LogP contribution < -0.4 is 20.0 Å². The van der Waals surface area contributed by atoms with Gasteiger partial charge in [-0.3, -0.25) is 4.79 Å². The fraction of sp³-hybridized carbons (Fsp3) is 0.350. The van der Waals surface area contributed by atoms with Gasteiger partial charge in [-0.1, -0.05) is 0 Å². The number of nitrogens with zero attached hydrogens (tertiary/aromatic N) is 1. The Bertz CT molecular complexity index is 885. The lowest BCUT2D eigenvalue weighted by atomic mass is 10.1. The molecule has 0 spiro atoms. The van der Waals surface area contributed by atoms with Crippen LogP contribution in [-0.4, -0.2) is 31.3 Å². The molecule has 0 fully saturated rings. The van der Waals surface area contributed by atoms with Gasteiger partial charge in [-0.15, -0.1) is 0 Å². The van der Waals surface area contributed by atoms with Gasteiger partial charge in [0.05, 0.1) is 19.4 Å². The molecule has 0 atom stereocenters. The highest BCUT2D eigenvalue weighted by Crippen LogP contribution is 2.28. The van der Waals surface area contributed by atoms with E-state index >= 15 is 0 Å². The molecule has 1 N–H and O–H groups in total. The SMILES string of the molecule is CCOc1ccc(C(=O)N/N=C(/C)c2cc(CCC(=O)[O-])oc2C)cc1OC. The molecule has 0 unspecified atom stereocenters. The second-order valence-electron chi connectivity index (χ2n) is 5.99. The van der Waals surface area contributed by atoms with Crippen molar-refractivity contribution in [2.24, 2.45) is 5.10 Å². The molecule has 0 aliphatic rings. The zero-order valence-corrected chi connectivity index (χ0v) is 16.3. The van der Waals surface area contributed by atoms with Crippen LogP contribution in [0.5, 0.6) is 11.5 Å². The van der Waals surface area contributed by atoms with Crippen molar-refractivity contribution in [2.75, 3.05) is 13.7 Å². The predicted octanol–water partition coefficient (Wildman–Crippen LogP) is 1.83. The predicted molar refractivity (Wildman–Crippen MR) is 101 cm³/mol. The third kappa shape index (κ3) is 5.35. The molecule has 0 radical (unpaired) electrons. The van der Waals surface area contributed by atoms with Gasteiger partial charge in [-0.05, 0) is 51.5 Å². The van der Waals surface area contributed by atoms with Crippen LogP contribution in [0.2, 0.25) is 0 Å². The van der Waals surface area contributed by atoms with E-state index < -0.39 is 11.9 Å². The van der Waals surface area contributed by atoms with Gasteiger partial charge in [-0.2, -0.15) is 5.10 Å². The quantitative estimate of drug-likeness (QED) is 0.519. The summed E-state index contributed by atoms with van der Waals surface area (Å²) in [6.07, 6.45) is 0.105. The largest absolute Gasteiger partial charge is 0.550 e. The van der Waals surface area contributed by atoms with E-state index in [1.165, 1.54) is 7.11 Å². The van der Waals surface area contributed by atoms with Crippen LogP contribution >= 0.6 is 0 Å². The van der Waals surface area contributed by atoms with Crippen molar-refractivity contribution >= 4 is 17.6 Å². The first kappa shape index (κ1) is 21.0. The lowest BCUT2D eigenvalue weighted by Crippen LogP contribution is -2.22. The van der Waals surface area contributed by atoms with Crippen molar-refractivity contribution in [2.45, 2.75) is 33.6 Å². The molecule has 150 valence electrons. The molecule has 8 nitrogen and oxygen atoms in total. The van der Waals surface area contributed by atoms with Crippen molar-refractivity contribution in [3.63, 3.8) is 0 Å². The minimum Gasteiger partial charge on any atom is -0.550 e. The molecule has 0 aliphatic heterocycles. The van der Waals surface area contributed by atoms with E-state index in [0.717, 1.165) is 0 Å². The highest BCUT2D eigenvalue weighted by Gasteiger charge is 2.13. The number of amides is 1. The van der Waals surface area contributed by atoms with E-state index in [-0.39, 0.29) is 12.8 Å². The first-order valence-electron chi connectivity index (χ1n) is 8.80. The third-order valence-electron chi connectivity index (χ3n) is 3.98. The lowest BCUT2D eigenvalue weighted by Gasteiger charge is -2.10. The Morgan fingerprint density at radius 2 is 2.00 bits per heavy atom.